The predicted octanol–water partition coefficient (Wildman–Crippen LogP) is 3.90. The van der Waals surface area contributed by atoms with Crippen LogP contribution < -0.4 is 15.4 Å². The van der Waals surface area contributed by atoms with Gasteiger partial charge in [-0.05, 0) is 30.7 Å². The number of hydrogen-bond acceptors (Lipinski definition) is 7. The van der Waals surface area contributed by atoms with Crippen molar-refractivity contribution in [3.8, 4) is 0 Å². The van der Waals surface area contributed by atoms with Gasteiger partial charge in [-0.25, -0.2) is 14.4 Å². The van der Waals surface area contributed by atoms with Gasteiger partial charge < -0.3 is 10.6 Å². The highest BCUT2D eigenvalue weighted by atomic mass is 32.2. The highest BCUT2D eigenvalue weighted by Gasteiger charge is 2.18. The Bertz CT molecular complexity index is 1100. The van der Waals surface area contributed by atoms with Crippen LogP contribution in [0.25, 0.3) is 0 Å². The van der Waals surface area contributed by atoms with E-state index < -0.39 is 10.0 Å². The molecule has 0 aliphatic heterocycles. The van der Waals surface area contributed by atoms with Gasteiger partial charge in [-0.1, -0.05) is 26.0 Å². The summed E-state index contributed by atoms with van der Waals surface area (Å²) < 4.78 is 41.7. The van der Waals surface area contributed by atoms with E-state index in [4.69, 9.17) is 0 Å². The fourth-order valence-electron chi connectivity index (χ4n) is 2.79. The molecule has 0 saturated heterocycles. The Morgan fingerprint density at radius 2 is 1.97 bits per heavy atom. The van der Waals surface area contributed by atoms with E-state index in [1.807, 2.05) is 19.9 Å². The van der Waals surface area contributed by atoms with Crippen molar-refractivity contribution in [1.29, 1.82) is 0 Å². The number of thiazole rings is 1. The fraction of sp³-hybridized carbons (Fsp3) is 0.300. The van der Waals surface area contributed by atoms with Gasteiger partial charge in [0.15, 0.2) is 10.8 Å². The molecule has 0 atom stereocenters. The summed E-state index contributed by atoms with van der Waals surface area (Å²) >= 11 is 1.29. The Hall–Kier alpha value is -2.56. The molecule has 0 bridgehead atoms. The molecule has 0 aliphatic rings. The molecule has 2 aromatic heterocycles. The molecule has 160 valence electrons. The first-order valence-corrected chi connectivity index (χ1v) is 11.8. The van der Waals surface area contributed by atoms with Crippen molar-refractivity contribution >= 4 is 32.9 Å². The number of pyridine rings is 1. The summed E-state index contributed by atoms with van der Waals surface area (Å²) in [6.07, 6.45) is 0. The van der Waals surface area contributed by atoms with Crippen molar-refractivity contribution < 1.29 is 12.8 Å². The van der Waals surface area contributed by atoms with Gasteiger partial charge >= 0.3 is 0 Å². The molecule has 0 amide bonds. The minimum absolute atomic E-state index is 0.105. The van der Waals surface area contributed by atoms with E-state index in [1.165, 1.54) is 29.0 Å². The number of aromatic nitrogens is 2. The lowest BCUT2D eigenvalue weighted by Crippen LogP contribution is -2.23. The molecule has 2 heterocycles. The lowest BCUT2D eigenvalue weighted by Gasteiger charge is -2.16. The van der Waals surface area contributed by atoms with Crippen LogP contribution in [-0.2, 0) is 23.1 Å². The molecule has 3 N–H and O–H groups in total. The fourth-order valence-corrected chi connectivity index (χ4v) is 4.35. The smallest absolute Gasteiger partial charge is 0.280 e. The second-order valence-corrected chi connectivity index (χ2v) is 9.38. The molecule has 30 heavy (non-hydrogen) atoms. The van der Waals surface area contributed by atoms with Crippen molar-refractivity contribution in [1.82, 2.24) is 15.3 Å². The number of nitrogens with zero attached hydrogens (tertiary/aromatic N) is 2. The van der Waals surface area contributed by atoms with E-state index in [1.54, 1.807) is 24.4 Å². The molecular weight excluding hydrogens is 425 g/mol. The van der Waals surface area contributed by atoms with Crippen LogP contribution in [0.3, 0.4) is 0 Å². The summed E-state index contributed by atoms with van der Waals surface area (Å²) in [5.41, 5.74) is 4.10. The van der Waals surface area contributed by atoms with E-state index in [0.29, 0.717) is 23.5 Å². The molecule has 10 heteroatoms. The van der Waals surface area contributed by atoms with Gasteiger partial charge in [-0.2, -0.15) is 8.42 Å². The first kappa shape index (κ1) is 22.1. The molecule has 7 nitrogen and oxygen atoms in total. The van der Waals surface area contributed by atoms with Gasteiger partial charge in [-0.3, -0.25) is 4.72 Å². The zero-order chi connectivity index (χ0) is 21.7. The lowest BCUT2D eigenvalue weighted by atomic mass is 10.1. The number of halogens is 1. The van der Waals surface area contributed by atoms with Gasteiger partial charge in [-0.15, -0.1) is 11.3 Å². The molecule has 0 fully saturated rings. The Labute approximate surface area is 179 Å². The Kier molecular flexibility index (Phi) is 7.01. The highest BCUT2D eigenvalue weighted by molar-refractivity contribution is 7.92. The second-order valence-electron chi connectivity index (χ2n) is 7.03. The van der Waals surface area contributed by atoms with Crippen molar-refractivity contribution in [2.75, 3.05) is 10.0 Å². The largest absolute Gasteiger partial charge is 0.379 e. The van der Waals surface area contributed by atoms with Crippen LogP contribution in [0.2, 0.25) is 0 Å². The Balaban J connectivity index is 1.74. The predicted molar refractivity (Wildman–Crippen MR) is 118 cm³/mol. The van der Waals surface area contributed by atoms with Gasteiger partial charge in [0.25, 0.3) is 10.0 Å². The van der Waals surface area contributed by atoms with Crippen LogP contribution >= 0.6 is 11.3 Å². The van der Waals surface area contributed by atoms with Gasteiger partial charge in [0.05, 0.1) is 16.9 Å². The van der Waals surface area contributed by atoms with Crippen LogP contribution in [0.1, 0.15) is 30.7 Å². The number of aryl methyl sites for hydroxylation is 1. The summed E-state index contributed by atoms with van der Waals surface area (Å²) in [5, 5.41) is 7.95. The zero-order valence-electron chi connectivity index (χ0n) is 16.9. The average molecular weight is 450 g/mol. The molecule has 3 rings (SSSR count). The average Bonchev–Trinajstić information content (AvgIpc) is 3.18. The standard InChI is InChI=1S/C20H24FN5O2S2/c1-13(2)22-9-15-5-4-6-17(21)16(15)10-23-18-7-8-20(25-14(18)3)30(27,28)26-19-11-29-12-24-19/h4-8,11-13,22-23,26H,9-10H2,1-3H3. The highest BCUT2D eigenvalue weighted by Crippen LogP contribution is 2.21. The molecule has 0 aliphatic carbocycles. The SMILES string of the molecule is Cc1nc(S(=O)(=O)Nc2cscn2)ccc1NCc1c(F)cccc1CNC(C)C. The van der Waals surface area contributed by atoms with Crippen molar-refractivity contribution in [3.05, 3.63) is 63.9 Å². The first-order chi connectivity index (χ1) is 14.3. The van der Waals surface area contributed by atoms with Crippen molar-refractivity contribution in [3.63, 3.8) is 0 Å². The summed E-state index contributed by atoms with van der Waals surface area (Å²) in [4.78, 5) is 8.12. The minimum Gasteiger partial charge on any atom is -0.379 e. The molecule has 0 saturated carbocycles. The summed E-state index contributed by atoms with van der Waals surface area (Å²) in [7, 11) is -3.83. The number of hydrogen-bond donors (Lipinski definition) is 3. The molecule has 0 unspecified atom stereocenters. The van der Waals surface area contributed by atoms with E-state index in [9.17, 15) is 12.8 Å². The van der Waals surface area contributed by atoms with Crippen molar-refractivity contribution in [2.45, 2.75) is 44.9 Å². The number of rotatable bonds is 9. The molecule has 0 spiro atoms. The van der Waals surface area contributed by atoms with Crippen LogP contribution in [0.15, 0.2) is 46.2 Å². The third-order valence-electron chi connectivity index (χ3n) is 4.38. The minimum atomic E-state index is -3.83. The summed E-state index contributed by atoms with van der Waals surface area (Å²) in [6.45, 7) is 6.58. The molecule has 3 aromatic rings. The van der Waals surface area contributed by atoms with E-state index in [0.717, 1.165) is 5.56 Å². The second kappa shape index (κ2) is 9.50. The van der Waals surface area contributed by atoms with Crippen LogP contribution in [-0.4, -0.2) is 24.4 Å². The van der Waals surface area contributed by atoms with Crippen molar-refractivity contribution in [2.24, 2.45) is 0 Å². The van der Waals surface area contributed by atoms with E-state index in [2.05, 4.69) is 25.3 Å². The molecule has 0 radical (unpaired) electrons. The summed E-state index contributed by atoms with van der Waals surface area (Å²) in [6, 6.07) is 8.34. The quantitative estimate of drug-likeness (QED) is 0.459. The number of anilines is 2. The summed E-state index contributed by atoms with van der Waals surface area (Å²) in [5.74, 6) is -0.0356. The normalized spacial score (nSPS) is 11.6. The maximum atomic E-state index is 14.4. The topological polar surface area (TPSA) is 96.0 Å². The molecule has 1 aromatic carbocycles. The first-order valence-electron chi connectivity index (χ1n) is 9.38. The van der Waals surface area contributed by atoms with Crippen LogP contribution in [0.4, 0.5) is 15.9 Å². The number of benzene rings is 1. The Morgan fingerprint density at radius 3 is 2.63 bits per heavy atom. The van der Waals surface area contributed by atoms with Gasteiger partial charge in [0.2, 0.25) is 0 Å². The number of sulfonamides is 1. The lowest BCUT2D eigenvalue weighted by molar-refractivity contribution is 0.573. The van der Waals surface area contributed by atoms with Crippen LogP contribution in [0.5, 0.6) is 0 Å². The maximum absolute atomic E-state index is 14.4. The van der Waals surface area contributed by atoms with Gasteiger partial charge in [0.1, 0.15) is 5.82 Å². The number of nitrogens with one attached hydrogen (secondary N) is 3. The third kappa shape index (κ3) is 5.53. The third-order valence-corrected chi connectivity index (χ3v) is 6.22. The van der Waals surface area contributed by atoms with E-state index >= 15 is 0 Å². The monoisotopic (exact) mass is 449 g/mol. The zero-order valence-corrected chi connectivity index (χ0v) is 18.6. The van der Waals surface area contributed by atoms with E-state index in [-0.39, 0.29) is 29.2 Å². The Morgan fingerprint density at radius 1 is 1.17 bits per heavy atom. The van der Waals surface area contributed by atoms with Gasteiger partial charge in [0, 0.05) is 30.1 Å². The molecular formula is C20H24FN5O2S2. The van der Waals surface area contributed by atoms with Crippen LogP contribution in [0, 0.1) is 12.7 Å². The maximum Gasteiger partial charge on any atom is 0.280 e.